The van der Waals surface area contributed by atoms with Gasteiger partial charge in [-0.3, -0.25) is 4.79 Å². The quantitative estimate of drug-likeness (QED) is 0.648. The molecule has 2 aromatic rings. The van der Waals surface area contributed by atoms with E-state index in [1.807, 2.05) is 6.92 Å². The maximum Gasteiger partial charge on any atom is 0.342 e. The first-order chi connectivity index (χ1) is 12.5. The zero-order chi connectivity index (χ0) is 18.7. The number of carbonyl (C=O) groups is 2. The second-order valence-electron chi connectivity index (χ2n) is 6.56. The molecule has 1 amide bonds. The maximum atomic E-state index is 12.4. The van der Waals surface area contributed by atoms with Crippen molar-refractivity contribution in [2.24, 2.45) is 0 Å². The molecule has 6 nitrogen and oxygen atoms in total. The normalized spacial score (nSPS) is 17.3. The molecule has 0 aromatic heterocycles. The van der Waals surface area contributed by atoms with E-state index in [4.69, 9.17) is 4.74 Å². The maximum absolute atomic E-state index is 12.4. The summed E-state index contributed by atoms with van der Waals surface area (Å²) in [7, 11) is 0. The van der Waals surface area contributed by atoms with Crippen LogP contribution in [-0.4, -0.2) is 46.2 Å². The van der Waals surface area contributed by atoms with Crippen LogP contribution in [0.25, 0.3) is 10.8 Å². The van der Waals surface area contributed by atoms with Crippen LogP contribution in [0.4, 0.5) is 0 Å². The molecule has 0 saturated carbocycles. The van der Waals surface area contributed by atoms with Crippen LogP contribution in [0.2, 0.25) is 0 Å². The molecule has 138 valence electrons. The van der Waals surface area contributed by atoms with Gasteiger partial charge in [0.1, 0.15) is 17.1 Å². The van der Waals surface area contributed by atoms with Gasteiger partial charge in [-0.1, -0.05) is 31.2 Å². The molecule has 2 N–H and O–H groups in total. The van der Waals surface area contributed by atoms with Gasteiger partial charge in [0, 0.05) is 23.4 Å². The number of rotatable bonds is 4. The number of likely N-dealkylation sites (tertiary alicyclic amines) is 1. The Kier molecular flexibility index (Phi) is 5.30. The average molecular weight is 357 g/mol. The Morgan fingerprint density at radius 1 is 1.19 bits per heavy atom. The van der Waals surface area contributed by atoms with Crippen LogP contribution in [0.3, 0.4) is 0 Å². The highest BCUT2D eigenvalue weighted by atomic mass is 16.5. The molecule has 2 aromatic carbocycles. The van der Waals surface area contributed by atoms with Gasteiger partial charge in [-0.25, -0.2) is 4.79 Å². The van der Waals surface area contributed by atoms with Crippen molar-refractivity contribution in [2.75, 3.05) is 13.2 Å². The second-order valence-corrected chi connectivity index (χ2v) is 6.56. The van der Waals surface area contributed by atoms with E-state index in [1.54, 1.807) is 29.2 Å². The topological polar surface area (TPSA) is 87.1 Å². The highest BCUT2D eigenvalue weighted by Gasteiger charge is 2.26. The van der Waals surface area contributed by atoms with Crippen LogP contribution in [0.1, 0.15) is 43.0 Å². The number of fused-ring (bicyclic) bond motifs is 1. The molecule has 1 fully saturated rings. The SMILES string of the molecule is CC[C@H]1CCCCN1C(=O)COC(=O)c1cc(O)c2ccccc2c1O. The molecule has 1 aliphatic rings. The number of esters is 1. The fourth-order valence-corrected chi connectivity index (χ4v) is 3.54. The number of carbonyl (C=O) groups excluding carboxylic acids is 2. The minimum Gasteiger partial charge on any atom is -0.507 e. The number of ether oxygens (including phenoxy) is 1. The number of hydrogen-bond acceptors (Lipinski definition) is 5. The van der Waals surface area contributed by atoms with Crippen LogP contribution >= 0.6 is 0 Å². The van der Waals surface area contributed by atoms with Gasteiger partial charge < -0.3 is 19.8 Å². The molecule has 6 heteroatoms. The van der Waals surface area contributed by atoms with E-state index in [1.165, 1.54) is 6.07 Å². The van der Waals surface area contributed by atoms with E-state index >= 15 is 0 Å². The van der Waals surface area contributed by atoms with Gasteiger partial charge in [-0.05, 0) is 31.7 Å². The van der Waals surface area contributed by atoms with Crippen molar-refractivity contribution in [1.82, 2.24) is 4.90 Å². The lowest BCUT2D eigenvalue weighted by Crippen LogP contribution is -2.45. The lowest BCUT2D eigenvalue weighted by atomic mass is 10.00. The lowest BCUT2D eigenvalue weighted by Gasteiger charge is -2.35. The zero-order valence-corrected chi connectivity index (χ0v) is 14.8. The van der Waals surface area contributed by atoms with Gasteiger partial charge in [0.05, 0.1) is 0 Å². The number of benzene rings is 2. The third kappa shape index (κ3) is 3.45. The molecule has 1 aliphatic heterocycles. The summed E-state index contributed by atoms with van der Waals surface area (Å²) < 4.78 is 5.12. The standard InChI is InChI=1S/C20H23NO5/c1-2-13-7-5-6-10-21(13)18(23)12-26-20(25)16-11-17(22)14-8-3-4-9-15(14)19(16)24/h3-4,8-9,11,13,22,24H,2,5-7,10,12H2,1H3/t13-/m0/s1. The largest absolute Gasteiger partial charge is 0.507 e. The van der Waals surface area contributed by atoms with E-state index in [2.05, 4.69) is 0 Å². The summed E-state index contributed by atoms with van der Waals surface area (Å²) in [5, 5.41) is 21.2. The van der Waals surface area contributed by atoms with Gasteiger partial charge >= 0.3 is 5.97 Å². The molecule has 1 heterocycles. The summed E-state index contributed by atoms with van der Waals surface area (Å²) in [6, 6.07) is 8.02. The van der Waals surface area contributed by atoms with Crippen molar-refractivity contribution in [3.63, 3.8) is 0 Å². The minimum absolute atomic E-state index is 0.126. The molecule has 0 aliphatic carbocycles. The summed E-state index contributed by atoms with van der Waals surface area (Å²) >= 11 is 0. The van der Waals surface area contributed by atoms with E-state index < -0.39 is 5.97 Å². The molecule has 0 spiro atoms. The Labute approximate surface area is 152 Å². The molecule has 0 radical (unpaired) electrons. The van der Waals surface area contributed by atoms with Crippen LogP contribution in [0.5, 0.6) is 11.5 Å². The Balaban J connectivity index is 1.73. The summed E-state index contributed by atoms with van der Waals surface area (Å²) in [4.78, 5) is 26.5. The molecule has 26 heavy (non-hydrogen) atoms. The predicted molar refractivity (Wildman–Crippen MR) is 97.2 cm³/mol. The van der Waals surface area contributed by atoms with Crippen molar-refractivity contribution in [3.8, 4) is 11.5 Å². The molecule has 1 atom stereocenters. The highest BCUT2D eigenvalue weighted by molar-refractivity contribution is 6.04. The first-order valence-corrected chi connectivity index (χ1v) is 8.93. The number of phenolic OH excluding ortho intramolecular Hbond substituents is 2. The molecule has 0 unspecified atom stereocenters. The van der Waals surface area contributed by atoms with Crippen LogP contribution in [-0.2, 0) is 9.53 Å². The Morgan fingerprint density at radius 2 is 1.92 bits per heavy atom. The van der Waals surface area contributed by atoms with Crippen LogP contribution in [0.15, 0.2) is 30.3 Å². The molecular weight excluding hydrogens is 334 g/mol. The number of amides is 1. The monoisotopic (exact) mass is 357 g/mol. The first kappa shape index (κ1) is 18.0. The van der Waals surface area contributed by atoms with Crippen molar-refractivity contribution in [3.05, 3.63) is 35.9 Å². The Hall–Kier alpha value is -2.76. The van der Waals surface area contributed by atoms with Gasteiger partial charge in [0.15, 0.2) is 6.61 Å². The number of piperidine rings is 1. The van der Waals surface area contributed by atoms with Gasteiger partial charge in [-0.2, -0.15) is 0 Å². The fraction of sp³-hybridized carbons (Fsp3) is 0.400. The number of phenols is 2. The summed E-state index contributed by atoms with van der Waals surface area (Å²) in [6.45, 7) is 2.34. The van der Waals surface area contributed by atoms with Gasteiger partial charge in [0.25, 0.3) is 5.91 Å². The average Bonchev–Trinajstić information content (AvgIpc) is 2.68. The predicted octanol–water partition coefficient (Wildman–Crippen LogP) is 3.20. The van der Waals surface area contributed by atoms with Gasteiger partial charge in [0.2, 0.25) is 0 Å². The smallest absolute Gasteiger partial charge is 0.342 e. The van der Waals surface area contributed by atoms with Crippen molar-refractivity contribution >= 4 is 22.6 Å². The third-order valence-electron chi connectivity index (χ3n) is 4.96. The number of aromatic hydroxyl groups is 2. The van der Waals surface area contributed by atoms with Crippen molar-refractivity contribution in [1.29, 1.82) is 0 Å². The van der Waals surface area contributed by atoms with E-state index in [0.717, 1.165) is 25.7 Å². The van der Waals surface area contributed by atoms with E-state index in [9.17, 15) is 19.8 Å². The van der Waals surface area contributed by atoms with Crippen LogP contribution < -0.4 is 0 Å². The first-order valence-electron chi connectivity index (χ1n) is 8.93. The van der Waals surface area contributed by atoms with Crippen LogP contribution in [0, 0.1) is 0 Å². The lowest BCUT2D eigenvalue weighted by molar-refractivity contribution is -0.138. The number of hydrogen-bond donors (Lipinski definition) is 2. The highest BCUT2D eigenvalue weighted by Crippen LogP contribution is 2.35. The fourth-order valence-electron chi connectivity index (χ4n) is 3.54. The minimum atomic E-state index is -0.832. The van der Waals surface area contributed by atoms with Crippen molar-refractivity contribution < 1.29 is 24.5 Å². The number of nitrogens with zero attached hydrogens (tertiary/aromatic N) is 1. The Bertz CT molecular complexity index is 832. The van der Waals surface area contributed by atoms with Gasteiger partial charge in [-0.15, -0.1) is 0 Å². The van der Waals surface area contributed by atoms with E-state index in [0.29, 0.717) is 17.3 Å². The molecule has 0 bridgehead atoms. The third-order valence-corrected chi connectivity index (χ3v) is 4.96. The van der Waals surface area contributed by atoms with E-state index in [-0.39, 0.29) is 35.6 Å². The summed E-state index contributed by atoms with van der Waals surface area (Å²) in [6.07, 6.45) is 3.90. The summed E-state index contributed by atoms with van der Waals surface area (Å²) in [5.74, 6) is -1.45. The Morgan fingerprint density at radius 3 is 2.65 bits per heavy atom. The summed E-state index contributed by atoms with van der Waals surface area (Å²) in [5.41, 5.74) is -0.153. The second kappa shape index (κ2) is 7.64. The molecular formula is C20H23NO5. The zero-order valence-electron chi connectivity index (χ0n) is 14.8. The van der Waals surface area contributed by atoms with Crippen molar-refractivity contribution in [2.45, 2.75) is 38.6 Å². The molecule has 3 rings (SSSR count). The molecule has 1 saturated heterocycles.